The lowest BCUT2D eigenvalue weighted by Gasteiger charge is -2.16. The first-order chi connectivity index (χ1) is 9.34. The van der Waals surface area contributed by atoms with E-state index < -0.39 is 0 Å². The third-order valence-corrected chi connectivity index (χ3v) is 4.11. The molecule has 0 fully saturated rings. The molecule has 0 amide bonds. The minimum Gasteiger partial charge on any atom is -0.422 e. The lowest BCUT2D eigenvalue weighted by Crippen LogP contribution is -2.15. The molecule has 0 spiro atoms. The van der Waals surface area contributed by atoms with Gasteiger partial charge in [-0.15, -0.1) is 0 Å². The molecular formula is C17H14O2. The Morgan fingerprint density at radius 1 is 0.842 bits per heavy atom. The highest BCUT2D eigenvalue weighted by Gasteiger charge is 2.18. The Morgan fingerprint density at radius 3 is 2.53 bits per heavy atom. The molecule has 0 saturated carbocycles. The smallest absolute Gasteiger partial charge is 0.339 e. The fraction of sp³-hybridized carbons (Fsp3) is 0.235. The van der Waals surface area contributed by atoms with Crippen molar-refractivity contribution in [1.29, 1.82) is 0 Å². The van der Waals surface area contributed by atoms with E-state index in [9.17, 15) is 4.79 Å². The molecule has 0 bridgehead atoms. The molecule has 4 rings (SSSR count). The largest absolute Gasteiger partial charge is 0.422 e. The summed E-state index contributed by atoms with van der Waals surface area (Å²) in [4.78, 5) is 12.2. The van der Waals surface area contributed by atoms with Gasteiger partial charge in [-0.1, -0.05) is 36.4 Å². The van der Waals surface area contributed by atoms with Crippen LogP contribution < -0.4 is 5.63 Å². The van der Waals surface area contributed by atoms with Gasteiger partial charge in [-0.05, 0) is 36.6 Å². The van der Waals surface area contributed by atoms with E-state index >= 15 is 0 Å². The van der Waals surface area contributed by atoms with Gasteiger partial charge in [0.15, 0.2) is 0 Å². The van der Waals surface area contributed by atoms with Gasteiger partial charge < -0.3 is 4.42 Å². The Balaban J connectivity index is 2.22. The second-order valence-electron chi connectivity index (χ2n) is 5.22. The number of rotatable bonds is 0. The molecule has 2 nitrogen and oxygen atoms in total. The summed E-state index contributed by atoms with van der Waals surface area (Å²) in [5, 5.41) is 3.27. The zero-order valence-electron chi connectivity index (χ0n) is 10.6. The molecule has 0 aliphatic heterocycles. The lowest BCUT2D eigenvalue weighted by atomic mass is 9.90. The molecule has 3 aromatic rings. The highest BCUT2D eigenvalue weighted by Crippen LogP contribution is 2.31. The molecule has 0 atom stereocenters. The first kappa shape index (κ1) is 10.8. The first-order valence-corrected chi connectivity index (χ1v) is 6.81. The second kappa shape index (κ2) is 3.95. The average molecular weight is 250 g/mol. The quantitative estimate of drug-likeness (QED) is 0.448. The van der Waals surface area contributed by atoms with Gasteiger partial charge in [-0.3, -0.25) is 0 Å². The van der Waals surface area contributed by atoms with E-state index in [0.717, 1.165) is 46.6 Å². The van der Waals surface area contributed by atoms with Gasteiger partial charge in [-0.25, -0.2) is 4.79 Å². The van der Waals surface area contributed by atoms with Gasteiger partial charge in [0, 0.05) is 16.3 Å². The molecule has 0 saturated heterocycles. The predicted molar refractivity (Wildman–Crippen MR) is 76.6 cm³/mol. The number of hydrogen-bond donors (Lipinski definition) is 0. The van der Waals surface area contributed by atoms with Crippen molar-refractivity contribution in [3.8, 4) is 0 Å². The summed E-state index contributed by atoms with van der Waals surface area (Å²) in [6, 6.07) is 12.3. The van der Waals surface area contributed by atoms with Crippen LogP contribution in [0, 0.1) is 0 Å². The topological polar surface area (TPSA) is 30.2 Å². The van der Waals surface area contributed by atoms with Gasteiger partial charge in [0.25, 0.3) is 0 Å². The molecule has 0 unspecified atom stereocenters. The molecule has 19 heavy (non-hydrogen) atoms. The summed E-state index contributed by atoms with van der Waals surface area (Å²) in [7, 11) is 0. The minimum absolute atomic E-state index is 0.140. The van der Waals surface area contributed by atoms with Gasteiger partial charge in [0.1, 0.15) is 5.58 Å². The highest BCUT2D eigenvalue weighted by molar-refractivity contribution is 6.05. The van der Waals surface area contributed by atoms with Crippen molar-refractivity contribution < 1.29 is 4.42 Å². The van der Waals surface area contributed by atoms with Crippen molar-refractivity contribution in [3.63, 3.8) is 0 Å². The van der Waals surface area contributed by atoms with E-state index in [0.29, 0.717) is 0 Å². The molecule has 1 aliphatic carbocycles. The number of benzene rings is 2. The standard InChI is InChI=1S/C17H14O2/c18-17-15-8-4-3-7-13(15)14-10-9-11-5-1-2-6-12(11)16(14)19-17/h1-2,5-6,9-10H,3-4,7-8H2. The zero-order valence-corrected chi connectivity index (χ0v) is 10.6. The van der Waals surface area contributed by atoms with Gasteiger partial charge in [0.2, 0.25) is 0 Å². The van der Waals surface area contributed by atoms with Crippen LogP contribution in [0.2, 0.25) is 0 Å². The Kier molecular flexibility index (Phi) is 2.25. The zero-order chi connectivity index (χ0) is 12.8. The normalized spacial score (nSPS) is 14.7. The summed E-state index contributed by atoms with van der Waals surface area (Å²) < 4.78 is 5.62. The van der Waals surface area contributed by atoms with Crippen molar-refractivity contribution in [2.45, 2.75) is 25.7 Å². The molecule has 1 aromatic heterocycles. The fourth-order valence-corrected chi connectivity index (χ4v) is 3.17. The van der Waals surface area contributed by atoms with Crippen LogP contribution in [0.5, 0.6) is 0 Å². The molecular weight excluding hydrogens is 236 g/mol. The summed E-state index contributed by atoms with van der Waals surface area (Å²) >= 11 is 0. The lowest BCUT2D eigenvalue weighted by molar-refractivity contribution is 0.536. The molecule has 2 heteroatoms. The van der Waals surface area contributed by atoms with E-state index in [1.54, 1.807) is 0 Å². The summed E-state index contributed by atoms with van der Waals surface area (Å²) in [6.07, 6.45) is 4.12. The van der Waals surface area contributed by atoms with Crippen LogP contribution in [0.3, 0.4) is 0 Å². The Labute approximate surface area is 110 Å². The fourth-order valence-electron chi connectivity index (χ4n) is 3.17. The van der Waals surface area contributed by atoms with Crippen LogP contribution >= 0.6 is 0 Å². The summed E-state index contributed by atoms with van der Waals surface area (Å²) in [6.45, 7) is 0. The summed E-state index contributed by atoms with van der Waals surface area (Å²) in [5.41, 5.74) is 2.72. The van der Waals surface area contributed by atoms with Crippen LogP contribution in [0.25, 0.3) is 21.7 Å². The first-order valence-electron chi connectivity index (χ1n) is 6.81. The highest BCUT2D eigenvalue weighted by atomic mass is 16.4. The second-order valence-corrected chi connectivity index (χ2v) is 5.22. The van der Waals surface area contributed by atoms with Crippen LogP contribution in [0.4, 0.5) is 0 Å². The van der Waals surface area contributed by atoms with Crippen molar-refractivity contribution in [3.05, 3.63) is 57.9 Å². The van der Waals surface area contributed by atoms with Crippen molar-refractivity contribution in [2.75, 3.05) is 0 Å². The molecule has 1 aliphatic rings. The molecule has 0 N–H and O–H groups in total. The van der Waals surface area contributed by atoms with Crippen LogP contribution in [-0.4, -0.2) is 0 Å². The van der Waals surface area contributed by atoms with E-state index in [1.807, 2.05) is 24.3 Å². The third kappa shape index (κ3) is 1.53. The van der Waals surface area contributed by atoms with Crippen LogP contribution in [0.15, 0.2) is 45.6 Å². The maximum atomic E-state index is 12.2. The molecule has 94 valence electrons. The minimum atomic E-state index is -0.140. The van der Waals surface area contributed by atoms with E-state index in [-0.39, 0.29) is 5.63 Å². The average Bonchev–Trinajstić information content (AvgIpc) is 2.47. The molecule has 1 heterocycles. The third-order valence-electron chi connectivity index (χ3n) is 4.11. The predicted octanol–water partition coefficient (Wildman–Crippen LogP) is 3.83. The maximum Gasteiger partial charge on any atom is 0.339 e. The van der Waals surface area contributed by atoms with Crippen LogP contribution in [-0.2, 0) is 12.8 Å². The number of fused-ring (bicyclic) bond motifs is 5. The van der Waals surface area contributed by atoms with Crippen LogP contribution in [0.1, 0.15) is 24.0 Å². The number of aryl methyl sites for hydroxylation is 1. The van der Waals surface area contributed by atoms with Gasteiger partial charge >= 0.3 is 5.63 Å². The van der Waals surface area contributed by atoms with E-state index in [1.165, 1.54) is 12.0 Å². The monoisotopic (exact) mass is 250 g/mol. The van der Waals surface area contributed by atoms with Gasteiger partial charge in [-0.2, -0.15) is 0 Å². The Bertz CT molecular complexity index is 843. The maximum absolute atomic E-state index is 12.2. The van der Waals surface area contributed by atoms with Crippen molar-refractivity contribution >= 4 is 21.7 Å². The van der Waals surface area contributed by atoms with Gasteiger partial charge in [0.05, 0.1) is 0 Å². The van der Waals surface area contributed by atoms with E-state index in [2.05, 4.69) is 12.1 Å². The Hall–Kier alpha value is -2.09. The Morgan fingerprint density at radius 2 is 1.63 bits per heavy atom. The molecule has 0 radical (unpaired) electrons. The van der Waals surface area contributed by atoms with Crippen molar-refractivity contribution in [1.82, 2.24) is 0 Å². The van der Waals surface area contributed by atoms with Crippen molar-refractivity contribution in [2.24, 2.45) is 0 Å². The molecule has 2 aromatic carbocycles. The van der Waals surface area contributed by atoms with E-state index in [4.69, 9.17) is 4.42 Å². The number of hydrogen-bond acceptors (Lipinski definition) is 2. The SMILES string of the molecule is O=c1oc2c(ccc3ccccc32)c2c1CCCC2. The summed E-state index contributed by atoms with van der Waals surface area (Å²) in [5.74, 6) is 0.